The molecule has 0 fully saturated rings. The van der Waals surface area contributed by atoms with Gasteiger partial charge in [-0.3, -0.25) is 4.79 Å². The van der Waals surface area contributed by atoms with Gasteiger partial charge in [-0.05, 0) is 39.6 Å². The summed E-state index contributed by atoms with van der Waals surface area (Å²) in [5.41, 5.74) is 3.05. The zero-order valence-electron chi connectivity index (χ0n) is 14.3. The van der Waals surface area contributed by atoms with Crippen molar-refractivity contribution in [2.24, 2.45) is 0 Å². The summed E-state index contributed by atoms with van der Waals surface area (Å²) in [6.07, 6.45) is 1.98. The zero-order chi connectivity index (χ0) is 17.6. The Kier molecular flexibility index (Phi) is 5.18. The normalized spacial score (nSPS) is 12.1. The minimum Gasteiger partial charge on any atom is -0.324 e. The summed E-state index contributed by atoms with van der Waals surface area (Å²) in [5.74, 6) is 0.310. The van der Waals surface area contributed by atoms with E-state index in [1.165, 1.54) is 16.6 Å². The number of amides is 1. The van der Waals surface area contributed by atoms with Crippen LogP contribution in [0.3, 0.4) is 0 Å². The van der Waals surface area contributed by atoms with Crippen LogP contribution in [0.25, 0.3) is 0 Å². The van der Waals surface area contributed by atoms with Gasteiger partial charge in [-0.15, -0.1) is 5.10 Å². The number of carbonyl (C=O) groups excluding carboxylic acids is 1. The number of anilines is 1. The van der Waals surface area contributed by atoms with Crippen molar-refractivity contribution in [3.63, 3.8) is 0 Å². The average Bonchev–Trinajstić information content (AvgIpc) is 3.15. The molecule has 1 amide bonds. The van der Waals surface area contributed by atoms with Crippen molar-refractivity contribution < 1.29 is 4.79 Å². The maximum absolute atomic E-state index is 12.8. The Labute approximate surface area is 146 Å². The van der Waals surface area contributed by atoms with Crippen LogP contribution >= 0.6 is 0 Å². The molecule has 1 atom stereocenters. The lowest BCUT2D eigenvalue weighted by atomic mass is 10.0. The summed E-state index contributed by atoms with van der Waals surface area (Å²) in [5, 5.41) is 14.2. The highest BCUT2D eigenvalue weighted by atomic mass is 16.2. The van der Waals surface area contributed by atoms with Crippen LogP contribution in [0.1, 0.15) is 36.9 Å². The van der Waals surface area contributed by atoms with Gasteiger partial charge >= 0.3 is 0 Å². The van der Waals surface area contributed by atoms with Crippen molar-refractivity contribution in [1.29, 1.82) is 0 Å². The summed E-state index contributed by atoms with van der Waals surface area (Å²) in [6.45, 7) is 4.28. The van der Waals surface area contributed by atoms with E-state index in [4.69, 9.17) is 0 Å². The molecule has 25 heavy (non-hydrogen) atoms. The van der Waals surface area contributed by atoms with E-state index in [1.807, 2.05) is 54.6 Å². The summed E-state index contributed by atoms with van der Waals surface area (Å²) >= 11 is 0. The minimum atomic E-state index is -0.512. The van der Waals surface area contributed by atoms with E-state index in [-0.39, 0.29) is 5.91 Å². The lowest BCUT2D eigenvalue weighted by Gasteiger charge is -2.17. The van der Waals surface area contributed by atoms with Gasteiger partial charge in [0.1, 0.15) is 12.4 Å². The maximum Gasteiger partial charge on any atom is 0.249 e. The monoisotopic (exact) mass is 335 g/mol. The van der Waals surface area contributed by atoms with Crippen molar-refractivity contribution >= 4 is 11.6 Å². The van der Waals surface area contributed by atoms with Crippen molar-refractivity contribution in [1.82, 2.24) is 20.2 Å². The molecule has 0 aliphatic carbocycles. The number of benzene rings is 2. The first-order valence-electron chi connectivity index (χ1n) is 8.30. The quantitative estimate of drug-likeness (QED) is 0.751. The van der Waals surface area contributed by atoms with Crippen LogP contribution < -0.4 is 5.32 Å². The molecular weight excluding hydrogens is 314 g/mol. The van der Waals surface area contributed by atoms with Gasteiger partial charge in [-0.1, -0.05) is 56.3 Å². The third-order valence-corrected chi connectivity index (χ3v) is 4.10. The molecule has 3 aromatic rings. The van der Waals surface area contributed by atoms with Gasteiger partial charge in [-0.25, -0.2) is 4.68 Å². The predicted molar refractivity (Wildman–Crippen MR) is 96.2 cm³/mol. The summed E-state index contributed by atoms with van der Waals surface area (Å²) in [6, 6.07) is 17.2. The molecule has 1 aromatic heterocycles. The van der Waals surface area contributed by atoms with Crippen LogP contribution in [0, 0.1) is 0 Å². The fraction of sp³-hybridized carbons (Fsp3) is 0.263. The number of hydrogen-bond donors (Lipinski definition) is 1. The highest BCUT2D eigenvalue weighted by Gasteiger charge is 2.22. The van der Waals surface area contributed by atoms with Gasteiger partial charge in [0.25, 0.3) is 0 Å². The predicted octanol–water partition coefficient (Wildman–Crippen LogP) is 3.22. The average molecular weight is 335 g/mol. The molecule has 3 rings (SSSR count). The molecule has 0 aliphatic rings. The van der Waals surface area contributed by atoms with E-state index in [1.54, 1.807) is 0 Å². The van der Waals surface area contributed by atoms with Gasteiger partial charge < -0.3 is 5.32 Å². The van der Waals surface area contributed by atoms with E-state index in [0.29, 0.717) is 12.3 Å². The molecule has 0 bridgehead atoms. The van der Waals surface area contributed by atoms with Gasteiger partial charge in [0.15, 0.2) is 0 Å². The Morgan fingerprint density at radius 1 is 1.08 bits per heavy atom. The molecule has 0 radical (unpaired) electrons. The first-order chi connectivity index (χ1) is 12.1. The molecule has 6 nitrogen and oxygen atoms in total. The number of hydrogen-bond acceptors (Lipinski definition) is 4. The van der Waals surface area contributed by atoms with Crippen molar-refractivity contribution in [3.8, 4) is 0 Å². The Hall–Kier alpha value is -3.02. The number of carbonyl (C=O) groups is 1. The topological polar surface area (TPSA) is 72.7 Å². The number of rotatable bonds is 6. The number of nitrogens with zero attached hydrogens (tertiary/aromatic N) is 4. The molecule has 1 N–H and O–H groups in total. The Morgan fingerprint density at radius 2 is 1.80 bits per heavy atom. The van der Waals surface area contributed by atoms with Gasteiger partial charge in [-0.2, -0.15) is 0 Å². The van der Waals surface area contributed by atoms with Crippen LogP contribution in [0.4, 0.5) is 5.69 Å². The van der Waals surface area contributed by atoms with Crippen LogP contribution in [-0.4, -0.2) is 26.1 Å². The highest BCUT2D eigenvalue weighted by molar-refractivity contribution is 5.93. The first kappa shape index (κ1) is 16.8. The SMILES string of the molecule is CC(C)c1ccc(NC(=O)[C@@H](Cc2ccccc2)n2cnnn2)cc1. The standard InChI is InChI=1S/C19H21N5O/c1-14(2)16-8-10-17(11-9-16)21-19(25)18(24-13-20-22-23-24)12-15-6-4-3-5-7-15/h3-11,13-14,18H,12H2,1-2H3,(H,21,25)/t18-/m1/s1. The third-order valence-electron chi connectivity index (χ3n) is 4.10. The van der Waals surface area contributed by atoms with E-state index in [2.05, 4.69) is 34.7 Å². The number of aromatic nitrogens is 4. The largest absolute Gasteiger partial charge is 0.324 e. The molecule has 0 aliphatic heterocycles. The zero-order valence-corrected chi connectivity index (χ0v) is 14.3. The van der Waals surface area contributed by atoms with Crippen molar-refractivity contribution in [2.45, 2.75) is 32.2 Å². The van der Waals surface area contributed by atoms with Gasteiger partial charge in [0, 0.05) is 12.1 Å². The molecule has 1 heterocycles. The van der Waals surface area contributed by atoms with Crippen LogP contribution in [0.15, 0.2) is 60.9 Å². The second kappa shape index (κ2) is 7.70. The second-order valence-electron chi connectivity index (χ2n) is 6.26. The third kappa shape index (κ3) is 4.29. The maximum atomic E-state index is 12.8. The fourth-order valence-corrected chi connectivity index (χ4v) is 2.63. The van der Waals surface area contributed by atoms with E-state index in [9.17, 15) is 4.79 Å². The summed E-state index contributed by atoms with van der Waals surface area (Å²) in [7, 11) is 0. The van der Waals surface area contributed by atoms with Crippen molar-refractivity contribution in [3.05, 3.63) is 72.1 Å². The van der Waals surface area contributed by atoms with Crippen molar-refractivity contribution in [2.75, 3.05) is 5.32 Å². The Bertz CT molecular complexity index is 798. The van der Waals surface area contributed by atoms with Crippen LogP contribution in [0.5, 0.6) is 0 Å². The number of tetrazole rings is 1. The Morgan fingerprint density at radius 3 is 2.40 bits per heavy atom. The lowest BCUT2D eigenvalue weighted by molar-refractivity contribution is -0.119. The van der Waals surface area contributed by atoms with E-state index >= 15 is 0 Å². The Balaban J connectivity index is 1.77. The lowest BCUT2D eigenvalue weighted by Crippen LogP contribution is -2.28. The molecule has 0 spiro atoms. The van der Waals surface area contributed by atoms with Crippen LogP contribution in [-0.2, 0) is 11.2 Å². The highest BCUT2D eigenvalue weighted by Crippen LogP contribution is 2.19. The molecule has 0 saturated carbocycles. The van der Waals surface area contributed by atoms with Crippen LogP contribution in [0.2, 0.25) is 0 Å². The molecule has 2 aromatic carbocycles. The molecule has 0 unspecified atom stereocenters. The fourth-order valence-electron chi connectivity index (χ4n) is 2.63. The van der Waals surface area contributed by atoms with E-state index < -0.39 is 6.04 Å². The second-order valence-corrected chi connectivity index (χ2v) is 6.26. The molecule has 0 saturated heterocycles. The molecule has 128 valence electrons. The summed E-state index contributed by atoms with van der Waals surface area (Å²) in [4.78, 5) is 12.8. The smallest absolute Gasteiger partial charge is 0.249 e. The van der Waals surface area contributed by atoms with Gasteiger partial charge in [0.05, 0.1) is 0 Å². The summed E-state index contributed by atoms with van der Waals surface area (Å²) < 4.78 is 1.49. The first-order valence-corrected chi connectivity index (χ1v) is 8.30. The van der Waals surface area contributed by atoms with Gasteiger partial charge in [0.2, 0.25) is 5.91 Å². The van der Waals surface area contributed by atoms with E-state index in [0.717, 1.165) is 11.3 Å². The molecular formula is C19H21N5O. The number of nitrogens with one attached hydrogen (secondary N) is 1. The minimum absolute atomic E-state index is 0.145. The molecule has 6 heteroatoms.